The van der Waals surface area contributed by atoms with Crippen LogP contribution in [0.3, 0.4) is 0 Å². The average molecular weight is 178 g/mol. The first-order chi connectivity index (χ1) is 4.79. The zero-order valence-electron chi connectivity index (χ0n) is 5.58. The standard InChI is InChI=1S/C6H10O2S2/c7-6(8)3-5-1-2-9-4-10-5/h5H,1-4H2,(H,7,8). The van der Waals surface area contributed by atoms with Crippen LogP contribution >= 0.6 is 23.5 Å². The molecule has 2 nitrogen and oxygen atoms in total. The van der Waals surface area contributed by atoms with Gasteiger partial charge in [0.25, 0.3) is 0 Å². The maximum absolute atomic E-state index is 10.2. The minimum absolute atomic E-state index is 0.339. The van der Waals surface area contributed by atoms with Gasteiger partial charge in [0.05, 0.1) is 6.42 Å². The first-order valence-corrected chi connectivity index (χ1v) is 5.40. The van der Waals surface area contributed by atoms with Gasteiger partial charge in [-0.25, -0.2) is 0 Å². The Kier molecular flexibility index (Phi) is 3.42. The summed E-state index contributed by atoms with van der Waals surface area (Å²) < 4.78 is 0. The fourth-order valence-electron chi connectivity index (χ4n) is 0.857. The highest BCUT2D eigenvalue weighted by Gasteiger charge is 2.16. The molecule has 1 heterocycles. The molecule has 0 aliphatic carbocycles. The van der Waals surface area contributed by atoms with Crippen LogP contribution in [0.1, 0.15) is 12.8 Å². The second-order valence-electron chi connectivity index (χ2n) is 2.20. The Bertz CT molecular complexity index is 121. The van der Waals surface area contributed by atoms with Crippen LogP contribution < -0.4 is 0 Å². The minimum Gasteiger partial charge on any atom is -0.481 e. The number of rotatable bonds is 2. The Balaban J connectivity index is 2.19. The van der Waals surface area contributed by atoms with Crippen molar-refractivity contribution in [3.05, 3.63) is 0 Å². The fraction of sp³-hybridized carbons (Fsp3) is 0.833. The monoisotopic (exact) mass is 178 g/mol. The van der Waals surface area contributed by atoms with Gasteiger partial charge >= 0.3 is 5.97 Å². The molecule has 4 heteroatoms. The van der Waals surface area contributed by atoms with E-state index in [1.807, 2.05) is 11.8 Å². The first kappa shape index (κ1) is 8.27. The van der Waals surface area contributed by atoms with Crippen molar-refractivity contribution in [3.63, 3.8) is 0 Å². The van der Waals surface area contributed by atoms with Crippen LogP contribution in [0.25, 0.3) is 0 Å². The van der Waals surface area contributed by atoms with E-state index in [2.05, 4.69) is 0 Å². The molecule has 10 heavy (non-hydrogen) atoms. The van der Waals surface area contributed by atoms with Gasteiger partial charge in [-0.3, -0.25) is 4.79 Å². The van der Waals surface area contributed by atoms with Gasteiger partial charge in [0, 0.05) is 10.3 Å². The molecule has 0 amide bonds. The predicted octanol–water partition coefficient (Wildman–Crippen LogP) is 1.66. The number of carboxylic acids is 1. The summed E-state index contributed by atoms with van der Waals surface area (Å²) >= 11 is 3.67. The van der Waals surface area contributed by atoms with Gasteiger partial charge in [-0.05, 0) is 12.2 Å². The van der Waals surface area contributed by atoms with Crippen molar-refractivity contribution in [2.24, 2.45) is 0 Å². The fourth-order valence-corrected chi connectivity index (χ4v) is 3.63. The highest BCUT2D eigenvalue weighted by atomic mass is 32.2. The van der Waals surface area contributed by atoms with E-state index in [0.29, 0.717) is 11.7 Å². The second-order valence-corrected chi connectivity index (χ2v) is 4.96. The summed E-state index contributed by atoms with van der Waals surface area (Å²) in [7, 11) is 0. The lowest BCUT2D eigenvalue weighted by atomic mass is 10.2. The van der Waals surface area contributed by atoms with Gasteiger partial charge in [-0.15, -0.1) is 11.8 Å². The van der Waals surface area contributed by atoms with Crippen molar-refractivity contribution in [2.45, 2.75) is 18.1 Å². The van der Waals surface area contributed by atoms with Crippen LogP contribution in [0, 0.1) is 0 Å². The Labute approximate surface area is 68.8 Å². The van der Waals surface area contributed by atoms with E-state index in [9.17, 15) is 4.79 Å². The molecule has 1 aliphatic heterocycles. The molecule has 1 saturated heterocycles. The molecule has 0 aromatic carbocycles. The summed E-state index contributed by atoms with van der Waals surface area (Å²) in [5, 5.41) is 9.89. The summed E-state index contributed by atoms with van der Waals surface area (Å²) in [4.78, 5) is 10.2. The van der Waals surface area contributed by atoms with Gasteiger partial charge in [-0.2, -0.15) is 11.8 Å². The van der Waals surface area contributed by atoms with Crippen LogP contribution in [-0.4, -0.2) is 27.2 Å². The third kappa shape index (κ3) is 2.84. The lowest BCUT2D eigenvalue weighted by molar-refractivity contribution is -0.136. The Morgan fingerprint density at radius 3 is 3.00 bits per heavy atom. The maximum Gasteiger partial charge on any atom is 0.304 e. The highest BCUT2D eigenvalue weighted by Crippen LogP contribution is 2.29. The van der Waals surface area contributed by atoms with Crippen LogP contribution in [0.5, 0.6) is 0 Å². The SMILES string of the molecule is O=C(O)CC1CCSCS1. The maximum atomic E-state index is 10.2. The molecule has 1 aliphatic rings. The Morgan fingerprint density at radius 1 is 1.70 bits per heavy atom. The number of carboxylic acid groups (broad SMARTS) is 1. The molecule has 0 aromatic rings. The van der Waals surface area contributed by atoms with Gasteiger partial charge in [0.2, 0.25) is 0 Å². The molecule has 0 saturated carbocycles. The summed E-state index contributed by atoms with van der Waals surface area (Å²) in [5.74, 6) is 0.467. The highest BCUT2D eigenvalue weighted by molar-refractivity contribution is 8.16. The minimum atomic E-state index is -0.663. The van der Waals surface area contributed by atoms with E-state index in [4.69, 9.17) is 5.11 Å². The molecule has 0 aromatic heterocycles. The summed E-state index contributed by atoms with van der Waals surface area (Å²) in [6, 6.07) is 0. The number of aliphatic carboxylic acids is 1. The third-order valence-corrected chi connectivity index (χ3v) is 3.98. The molecule has 0 radical (unpaired) electrons. The Morgan fingerprint density at radius 2 is 2.50 bits per heavy atom. The quantitative estimate of drug-likeness (QED) is 0.697. The lowest BCUT2D eigenvalue weighted by Gasteiger charge is -2.18. The lowest BCUT2D eigenvalue weighted by Crippen LogP contribution is -2.14. The molecule has 0 spiro atoms. The smallest absolute Gasteiger partial charge is 0.304 e. The van der Waals surface area contributed by atoms with E-state index in [1.54, 1.807) is 11.8 Å². The van der Waals surface area contributed by atoms with Crippen molar-refractivity contribution in [1.82, 2.24) is 0 Å². The number of hydrogen-bond donors (Lipinski definition) is 1. The number of thioether (sulfide) groups is 2. The molecule has 1 unspecified atom stereocenters. The van der Waals surface area contributed by atoms with E-state index in [0.717, 1.165) is 17.3 Å². The van der Waals surface area contributed by atoms with Crippen LogP contribution in [-0.2, 0) is 4.79 Å². The van der Waals surface area contributed by atoms with Crippen molar-refractivity contribution >= 4 is 29.5 Å². The van der Waals surface area contributed by atoms with E-state index < -0.39 is 5.97 Å². The van der Waals surface area contributed by atoms with Crippen LogP contribution in [0.4, 0.5) is 0 Å². The van der Waals surface area contributed by atoms with Gasteiger partial charge < -0.3 is 5.11 Å². The van der Waals surface area contributed by atoms with Crippen molar-refractivity contribution in [1.29, 1.82) is 0 Å². The second kappa shape index (κ2) is 4.13. The molecule has 58 valence electrons. The topological polar surface area (TPSA) is 37.3 Å². The molecule has 1 N–H and O–H groups in total. The average Bonchev–Trinajstić information content (AvgIpc) is 1.88. The summed E-state index contributed by atoms with van der Waals surface area (Å²) in [5.41, 5.74) is 0. The van der Waals surface area contributed by atoms with E-state index in [-0.39, 0.29) is 0 Å². The molecular formula is C6H10O2S2. The molecular weight excluding hydrogens is 168 g/mol. The van der Waals surface area contributed by atoms with Crippen LogP contribution in [0.15, 0.2) is 0 Å². The molecule has 1 fully saturated rings. The van der Waals surface area contributed by atoms with Gasteiger partial charge in [0.15, 0.2) is 0 Å². The van der Waals surface area contributed by atoms with Gasteiger partial charge in [0.1, 0.15) is 0 Å². The third-order valence-electron chi connectivity index (χ3n) is 1.37. The predicted molar refractivity (Wildman–Crippen MR) is 45.6 cm³/mol. The first-order valence-electron chi connectivity index (χ1n) is 3.20. The molecule has 1 rings (SSSR count). The largest absolute Gasteiger partial charge is 0.481 e. The van der Waals surface area contributed by atoms with Crippen molar-refractivity contribution in [3.8, 4) is 0 Å². The van der Waals surface area contributed by atoms with Crippen molar-refractivity contribution in [2.75, 3.05) is 10.8 Å². The number of hydrogen-bond acceptors (Lipinski definition) is 3. The van der Waals surface area contributed by atoms with Crippen molar-refractivity contribution < 1.29 is 9.90 Å². The Hall–Kier alpha value is 0.170. The molecule has 0 bridgehead atoms. The van der Waals surface area contributed by atoms with E-state index >= 15 is 0 Å². The van der Waals surface area contributed by atoms with Gasteiger partial charge in [-0.1, -0.05) is 0 Å². The summed E-state index contributed by atoms with van der Waals surface area (Å²) in [6.07, 6.45) is 1.40. The molecule has 1 atom stereocenters. The summed E-state index contributed by atoms with van der Waals surface area (Å²) in [6.45, 7) is 0. The van der Waals surface area contributed by atoms with E-state index in [1.165, 1.54) is 0 Å². The van der Waals surface area contributed by atoms with Crippen LogP contribution in [0.2, 0.25) is 0 Å². The zero-order chi connectivity index (χ0) is 7.40. The zero-order valence-corrected chi connectivity index (χ0v) is 7.21. The number of carbonyl (C=O) groups is 1. The normalized spacial score (nSPS) is 26.2.